The van der Waals surface area contributed by atoms with Crippen LogP contribution in [0, 0.1) is 0 Å². The maximum absolute atomic E-state index is 12.0. The number of nitrogens with zero attached hydrogens (tertiary/aromatic N) is 1. The number of ether oxygens (including phenoxy) is 2. The van der Waals surface area contributed by atoms with Crippen LogP contribution in [-0.2, 0) is 14.3 Å². The molecule has 1 aliphatic rings. The van der Waals surface area contributed by atoms with Crippen LogP contribution in [-0.4, -0.2) is 33.8 Å². The third-order valence-corrected chi connectivity index (χ3v) is 3.09. The zero-order valence-electron chi connectivity index (χ0n) is 10.6. The second-order valence-electron chi connectivity index (χ2n) is 4.35. The van der Waals surface area contributed by atoms with Crippen molar-refractivity contribution < 1.29 is 19.4 Å². The minimum Gasteiger partial charge on any atom is -0.507 e. The van der Waals surface area contributed by atoms with Gasteiger partial charge < -0.3 is 19.6 Å². The van der Waals surface area contributed by atoms with Crippen LogP contribution in [0.3, 0.4) is 0 Å². The summed E-state index contributed by atoms with van der Waals surface area (Å²) in [7, 11) is 0. The average molecular weight is 276 g/mol. The Hall–Kier alpha value is -2.41. The maximum atomic E-state index is 12.0. The third kappa shape index (κ3) is 1.92. The van der Waals surface area contributed by atoms with Gasteiger partial charge >= 0.3 is 5.97 Å². The monoisotopic (exact) mass is 276 g/mol. The van der Waals surface area contributed by atoms with Crippen molar-refractivity contribution in [1.29, 1.82) is 0 Å². The highest BCUT2D eigenvalue weighted by Gasteiger charge is 2.50. The van der Waals surface area contributed by atoms with Gasteiger partial charge in [0.15, 0.2) is 6.10 Å². The standard InChI is InChI=1S/C13H12N2O5/c1-2-19-13(18)10-9(20-10)7-8(16)6-4-3-5-14-11(6)15-12(7)17/h3-5,9-10H,2H2,1H3,(H2,14,15,16,17)/t9-,10-/m0/s1. The van der Waals surface area contributed by atoms with Crippen molar-refractivity contribution in [1.82, 2.24) is 9.97 Å². The Morgan fingerprint density at radius 3 is 3.15 bits per heavy atom. The van der Waals surface area contributed by atoms with Crippen molar-refractivity contribution in [2.24, 2.45) is 0 Å². The van der Waals surface area contributed by atoms with Crippen LogP contribution in [0.1, 0.15) is 18.6 Å². The van der Waals surface area contributed by atoms with Gasteiger partial charge in [0.25, 0.3) is 5.56 Å². The second kappa shape index (κ2) is 4.61. The van der Waals surface area contributed by atoms with E-state index in [2.05, 4.69) is 9.97 Å². The molecule has 1 aliphatic heterocycles. The molecule has 2 atom stereocenters. The van der Waals surface area contributed by atoms with Gasteiger partial charge in [0.05, 0.1) is 17.6 Å². The number of aromatic hydroxyl groups is 1. The minimum atomic E-state index is -0.837. The van der Waals surface area contributed by atoms with Crippen LogP contribution < -0.4 is 5.56 Å². The number of H-pyrrole nitrogens is 1. The van der Waals surface area contributed by atoms with Crippen LogP contribution in [0.4, 0.5) is 0 Å². The summed E-state index contributed by atoms with van der Waals surface area (Å²) in [6.45, 7) is 1.91. The molecular weight excluding hydrogens is 264 g/mol. The first-order chi connectivity index (χ1) is 9.63. The first kappa shape index (κ1) is 12.6. The van der Waals surface area contributed by atoms with E-state index in [1.54, 1.807) is 19.1 Å². The number of pyridine rings is 2. The van der Waals surface area contributed by atoms with Gasteiger partial charge in [-0.3, -0.25) is 4.79 Å². The summed E-state index contributed by atoms with van der Waals surface area (Å²) in [5.41, 5.74) is -0.207. The summed E-state index contributed by atoms with van der Waals surface area (Å²) in [6, 6.07) is 3.26. The van der Waals surface area contributed by atoms with Crippen LogP contribution in [0.25, 0.3) is 11.0 Å². The van der Waals surface area contributed by atoms with Gasteiger partial charge in [-0.15, -0.1) is 0 Å². The number of fused-ring (bicyclic) bond motifs is 1. The number of carbonyl (C=O) groups excluding carboxylic acids is 1. The number of hydrogen-bond acceptors (Lipinski definition) is 6. The van der Waals surface area contributed by atoms with E-state index in [9.17, 15) is 14.7 Å². The highest BCUT2D eigenvalue weighted by molar-refractivity contribution is 5.84. The molecule has 1 saturated heterocycles. The minimum absolute atomic E-state index is 0.0311. The Kier molecular flexibility index (Phi) is 2.90. The smallest absolute Gasteiger partial charge is 0.338 e. The van der Waals surface area contributed by atoms with Gasteiger partial charge in [-0.25, -0.2) is 9.78 Å². The number of rotatable bonds is 3. The molecule has 0 radical (unpaired) electrons. The summed E-state index contributed by atoms with van der Waals surface area (Å²) in [6.07, 6.45) is -0.106. The second-order valence-corrected chi connectivity index (χ2v) is 4.35. The Morgan fingerprint density at radius 2 is 2.40 bits per heavy atom. The van der Waals surface area contributed by atoms with E-state index in [1.165, 1.54) is 6.20 Å². The molecule has 0 amide bonds. The molecule has 2 aromatic rings. The van der Waals surface area contributed by atoms with Crippen LogP contribution >= 0.6 is 0 Å². The van der Waals surface area contributed by atoms with Crippen molar-refractivity contribution in [2.75, 3.05) is 6.61 Å². The topological polar surface area (TPSA) is 105 Å². The summed E-state index contributed by atoms with van der Waals surface area (Å²) >= 11 is 0. The van der Waals surface area contributed by atoms with Crippen molar-refractivity contribution in [3.05, 3.63) is 34.2 Å². The third-order valence-electron chi connectivity index (χ3n) is 3.09. The molecule has 0 bridgehead atoms. The molecule has 0 saturated carbocycles. The Bertz CT molecular complexity index is 739. The fourth-order valence-electron chi connectivity index (χ4n) is 2.12. The highest BCUT2D eigenvalue weighted by Crippen LogP contribution is 2.42. The SMILES string of the molecule is CCOC(=O)[C@H]1O[C@H]1c1c(O)c2cccnc2[nH]c1=O. The molecular formula is C13H12N2O5. The number of esters is 1. The van der Waals surface area contributed by atoms with Crippen molar-refractivity contribution >= 4 is 17.0 Å². The highest BCUT2D eigenvalue weighted by atomic mass is 16.6. The molecule has 1 fully saturated rings. The molecule has 7 nitrogen and oxygen atoms in total. The molecule has 20 heavy (non-hydrogen) atoms. The van der Waals surface area contributed by atoms with Gasteiger partial charge in [0.2, 0.25) is 0 Å². The molecule has 2 N–H and O–H groups in total. The Labute approximate surface area is 113 Å². The first-order valence-corrected chi connectivity index (χ1v) is 6.15. The normalized spacial score (nSPS) is 20.9. The van der Waals surface area contributed by atoms with Gasteiger partial charge in [0, 0.05) is 6.20 Å². The van der Waals surface area contributed by atoms with Gasteiger partial charge in [-0.2, -0.15) is 0 Å². The molecule has 3 rings (SSSR count). The number of aromatic amines is 1. The van der Waals surface area contributed by atoms with Crippen molar-refractivity contribution in [2.45, 2.75) is 19.1 Å². The maximum Gasteiger partial charge on any atom is 0.338 e. The Balaban J connectivity index is 2.02. The lowest BCUT2D eigenvalue weighted by Gasteiger charge is -2.04. The quantitative estimate of drug-likeness (QED) is 0.629. The zero-order valence-corrected chi connectivity index (χ0v) is 10.6. The van der Waals surface area contributed by atoms with E-state index in [0.717, 1.165) is 0 Å². The lowest BCUT2D eigenvalue weighted by molar-refractivity contribution is -0.144. The van der Waals surface area contributed by atoms with Gasteiger partial charge in [-0.05, 0) is 19.1 Å². The number of epoxide rings is 1. The number of nitrogens with one attached hydrogen (secondary N) is 1. The van der Waals surface area contributed by atoms with Crippen LogP contribution in [0.5, 0.6) is 5.75 Å². The largest absolute Gasteiger partial charge is 0.507 e. The summed E-state index contributed by atoms with van der Waals surface area (Å²) in [5.74, 6) is -0.753. The van der Waals surface area contributed by atoms with Gasteiger partial charge in [-0.1, -0.05) is 0 Å². The summed E-state index contributed by atoms with van der Waals surface area (Å²) in [4.78, 5) is 30.0. The van der Waals surface area contributed by atoms with Crippen molar-refractivity contribution in [3.8, 4) is 5.75 Å². The zero-order chi connectivity index (χ0) is 14.3. The lowest BCUT2D eigenvalue weighted by Crippen LogP contribution is -2.17. The molecule has 0 unspecified atom stereocenters. The molecule has 7 heteroatoms. The predicted octanol–water partition coefficient (Wildman–Crippen LogP) is 0.632. The summed E-state index contributed by atoms with van der Waals surface area (Å²) in [5, 5.41) is 10.6. The van der Waals surface area contributed by atoms with E-state index >= 15 is 0 Å². The molecule has 3 heterocycles. The molecule has 0 aliphatic carbocycles. The van der Waals surface area contributed by atoms with Gasteiger partial charge in [0.1, 0.15) is 17.5 Å². The molecule has 2 aromatic heterocycles. The fourth-order valence-corrected chi connectivity index (χ4v) is 2.12. The van der Waals surface area contributed by atoms with Crippen molar-refractivity contribution in [3.63, 3.8) is 0 Å². The number of aromatic nitrogens is 2. The van der Waals surface area contributed by atoms with E-state index in [0.29, 0.717) is 5.39 Å². The average Bonchev–Trinajstić information content (AvgIpc) is 3.19. The Morgan fingerprint density at radius 1 is 1.60 bits per heavy atom. The molecule has 0 aromatic carbocycles. The van der Waals surface area contributed by atoms with Crippen LogP contribution in [0.15, 0.2) is 23.1 Å². The molecule has 104 valence electrons. The number of hydrogen-bond donors (Lipinski definition) is 2. The predicted molar refractivity (Wildman–Crippen MR) is 68.3 cm³/mol. The van der Waals surface area contributed by atoms with E-state index in [4.69, 9.17) is 9.47 Å². The number of carbonyl (C=O) groups is 1. The summed E-state index contributed by atoms with van der Waals surface area (Å²) < 4.78 is 9.97. The van der Waals surface area contributed by atoms with E-state index in [1.807, 2.05) is 0 Å². The first-order valence-electron chi connectivity index (χ1n) is 6.15. The van der Waals surface area contributed by atoms with E-state index < -0.39 is 23.7 Å². The fraction of sp³-hybridized carbons (Fsp3) is 0.308. The van der Waals surface area contributed by atoms with Crippen LogP contribution in [0.2, 0.25) is 0 Å². The lowest BCUT2D eigenvalue weighted by atomic mass is 10.1. The van der Waals surface area contributed by atoms with E-state index in [-0.39, 0.29) is 23.6 Å². The molecule has 0 spiro atoms.